The molecule has 6 heterocycles. The highest BCUT2D eigenvalue weighted by atomic mass is 19.1. The summed E-state index contributed by atoms with van der Waals surface area (Å²) in [5.41, 5.74) is -0.545. The molecule has 3 saturated heterocycles. The molecule has 0 radical (unpaired) electrons. The van der Waals surface area contributed by atoms with Crippen LogP contribution in [0.2, 0.25) is 0 Å². The lowest BCUT2D eigenvalue weighted by atomic mass is 9.96. The molecule has 8 rings (SSSR count). The zero-order chi connectivity index (χ0) is 41.4. The standard InChI is InChI=1S/C44H45F3N8O4/c1-5-32-35(46)12-10-27-17-31(56)18-33(38(27)32)40-39(47)41-34(21-49-40)42(53-14-8-7-9-29(23-53)50-37(57)6-2)52-43(51-41)59-25-44(4)19-28(45)22-55(44)30-11-13-36(48-20-30)54-15-16-58-24-26(54)3/h1,6,10-13,17-18,20-21,26,28-29,56H,2,7-9,14-16,19,22-25H2,3-4H3,(H,50,57)/t26-,28-,29?,44+/m1/s1. The fourth-order valence-electron chi connectivity index (χ4n) is 8.60. The zero-order valence-electron chi connectivity index (χ0n) is 32.9. The maximum Gasteiger partial charge on any atom is 0.319 e. The van der Waals surface area contributed by atoms with Crippen molar-refractivity contribution in [2.24, 2.45) is 0 Å². The summed E-state index contributed by atoms with van der Waals surface area (Å²) >= 11 is 0. The van der Waals surface area contributed by atoms with Crippen molar-refractivity contribution in [3.05, 3.63) is 78.6 Å². The number of aromatic hydroxyl groups is 1. The first-order valence-electron chi connectivity index (χ1n) is 19.8. The number of hydrogen-bond donors (Lipinski definition) is 2. The van der Waals surface area contributed by atoms with E-state index in [1.54, 1.807) is 6.20 Å². The molecule has 0 spiro atoms. The summed E-state index contributed by atoms with van der Waals surface area (Å²) in [4.78, 5) is 37.0. The summed E-state index contributed by atoms with van der Waals surface area (Å²) in [5.74, 6) is 1.43. The number of fused-ring (bicyclic) bond motifs is 2. The summed E-state index contributed by atoms with van der Waals surface area (Å²) in [7, 11) is 0. The van der Waals surface area contributed by atoms with E-state index in [0.717, 1.165) is 30.9 Å². The molecule has 1 unspecified atom stereocenters. The van der Waals surface area contributed by atoms with Crippen molar-refractivity contribution < 1.29 is 32.5 Å². The maximum atomic E-state index is 17.2. The molecule has 3 aliphatic heterocycles. The van der Waals surface area contributed by atoms with E-state index >= 15 is 13.2 Å². The molecule has 59 heavy (non-hydrogen) atoms. The van der Waals surface area contributed by atoms with E-state index in [1.807, 2.05) is 28.9 Å². The van der Waals surface area contributed by atoms with Crippen LogP contribution in [0.5, 0.6) is 11.8 Å². The third-order valence-electron chi connectivity index (χ3n) is 11.5. The number of nitrogens with zero attached hydrogens (tertiary/aromatic N) is 7. The van der Waals surface area contributed by atoms with Crippen molar-refractivity contribution in [1.29, 1.82) is 0 Å². The third kappa shape index (κ3) is 7.76. The molecule has 5 aromatic rings. The second kappa shape index (κ2) is 16.2. The molecule has 3 aromatic heterocycles. The van der Waals surface area contributed by atoms with E-state index in [1.165, 1.54) is 36.5 Å². The Kier molecular flexibility index (Phi) is 10.9. The zero-order valence-corrected chi connectivity index (χ0v) is 32.9. The van der Waals surface area contributed by atoms with Gasteiger partial charge in [-0.1, -0.05) is 18.6 Å². The van der Waals surface area contributed by atoms with Crippen molar-refractivity contribution in [3.8, 4) is 35.4 Å². The van der Waals surface area contributed by atoms with Crippen LogP contribution in [0.3, 0.4) is 0 Å². The quantitative estimate of drug-likeness (QED) is 0.126. The molecule has 0 saturated carbocycles. The molecular weight excluding hydrogens is 762 g/mol. The Bertz CT molecular complexity index is 2460. The number of hydrogen-bond acceptors (Lipinski definition) is 11. The fraction of sp³-hybridized carbons (Fsp3) is 0.386. The number of amides is 1. The summed E-state index contributed by atoms with van der Waals surface area (Å²) < 4.78 is 59.5. The SMILES string of the molecule is C#Cc1c(F)ccc2cc(O)cc(-c3ncc4c(N5CCCCC(NC(=O)C=C)C5)nc(OC[C@]5(C)C[C@@H](F)CN5c5ccc(N6CCOC[C@H]6C)nc5)nc4c3F)c12. The van der Waals surface area contributed by atoms with Gasteiger partial charge in [-0.25, -0.2) is 18.2 Å². The van der Waals surface area contributed by atoms with Crippen LogP contribution < -0.4 is 24.8 Å². The fourth-order valence-corrected chi connectivity index (χ4v) is 8.60. The van der Waals surface area contributed by atoms with Gasteiger partial charge in [0.25, 0.3) is 0 Å². The first-order valence-corrected chi connectivity index (χ1v) is 19.8. The Labute approximate surface area is 340 Å². The molecule has 306 valence electrons. The molecule has 3 aliphatic rings. The number of alkyl halides is 1. The van der Waals surface area contributed by atoms with Gasteiger partial charge in [0.15, 0.2) is 5.82 Å². The molecule has 2 aromatic carbocycles. The Morgan fingerprint density at radius 2 is 2.00 bits per heavy atom. The largest absolute Gasteiger partial charge is 0.508 e. The van der Waals surface area contributed by atoms with Crippen LogP contribution in [0.15, 0.2) is 61.4 Å². The van der Waals surface area contributed by atoms with Gasteiger partial charge in [0.1, 0.15) is 47.2 Å². The predicted octanol–water partition coefficient (Wildman–Crippen LogP) is 6.48. The minimum absolute atomic E-state index is 0.0554. The van der Waals surface area contributed by atoms with Crippen molar-refractivity contribution >= 4 is 44.9 Å². The number of phenolic OH excluding ortho intramolecular Hbond substituents is 1. The van der Waals surface area contributed by atoms with Crippen LogP contribution in [0.25, 0.3) is 32.9 Å². The van der Waals surface area contributed by atoms with Crippen molar-refractivity contribution in [3.63, 3.8) is 0 Å². The molecule has 0 bridgehead atoms. The lowest BCUT2D eigenvalue weighted by Crippen LogP contribution is -2.46. The highest BCUT2D eigenvalue weighted by Crippen LogP contribution is 2.40. The number of ether oxygens (including phenoxy) is 2. The molecule has 1 amide bonds. The minimum atomic E-state index is -1.16. The lowest BCUT2D eigenvalue weighted by molar-refractivity contribution is -0.117. The van der Waals surface area contributed by atoms with Gasteiger partial charge < -0.3 is 34.6 Å². The van der Waals surface area contributed by atoms with Gasteiger partial charge in [-0.15, -0.1) is 6.42 Å². The average Bonchev–Trinajstić information content (AvgIpc) is 3.36. The number of benzene rings is 2. The van der Waals surface area contributed by atoms with Crippen molar-refractivity contribution in [2.75, 3.05) is 60.7 Å². The molecule has 12 nitrogen and oxygen atoms in total. The van der Waals surface area contributed by atoms with Gasteiger partial charge in [-0.3, -0.25) is 9.78 Å². The smallest absolute Gasteiger partial charge is 0.319 e. The first-order chi connectivity index (χ1) is 28.5. The van der Waals surface area contributed by atoms with Crippen LogP contribution in [0.4, 0.5) is 30.5 Å². The Morgan fingerprint density at radius 1 is 1.15 bits per heavy atom. The molecule has 4 atom stereocenters. The second-order valence-electron chi connectivity index (χ2n) is 15.7. The van der Waals surface area contributed by atoms with Crippen LogP contribution in [0.1, 0.15) is 45.1 Å². The molecule has 0 aliphatic carbocycles. The summed E-state index contributed by atoms with van der Waals surface area (Å²) in [5, 5.41) is 14.5. The van der Waals surface area contributed by atoms with E-state index in [2.05, 4.69) is 39.6 Å². The topological polar surface area (TPSA) is 129 Å². The van der Waals surface area contributed by atoms with E-state index in [9.17, 15) is 9.90 Å². The predicted molar refractivity (Wildman–Crippen MR) is 221 cm³/mol. The van der Waals surface area contributed by atoms with Gasteiger partial charge in [0.2, 0.25) is 5.91 Å². The Hall–Kier alpha value is -6.14. The highest BCUT2D eigenvalue weighted by molar-refractivity contribution is 6.03. The van der Waals surface area contributed by atoms with Gasteiger partial charge in [0, 0.05) is 49.2 Å². The molecule has 3 fully saturated rings. The Morgan fingerprint density at radius 3 is 2.76 bits per heavy atom. The number of carbonyl (C=O) groups excluding carboxylic acids is 1. The van der Waals surface area contributed by atoms with Crippen LogP contribution >= 0.6 is 0 Å². The van der Waals surface area contributed by atoms with Crippen LogP contribution in [-0.4, -0.2) is 101 Å². The first kappa shape index (κ1) is 39.7. The van der Waals surface area contributed by atoms with Crippen molar-refractivity contribution in [1.82, 2.24) is 25.3 Å². The number of morpholine rings is 1. The normalized spacial score (nSPS) is 22.3. The second-order valence-corrected chi connectivity index (χ2v) is 15.7. The number of rotatable bonds is 9. The van der Waals surface area contributed by atoms with E-state index in [-0.39, 0.29) is 82.4 Å². The summed E-state index contributed by atoms with van der Waals surface area (Å²) in [6.45, 7) is 10.4. The van der Waals surface area contributed by atoms with Crippen molar-refractivity contribution in [2.45, 2.75) is 63.3 Å². The highest BCUT2D eigenvalue weighted by Gasteiger charge is 2.44. The van der Waals surface area contributed by atoms with Crippen LogP contribution in [-0.2, 0) is 9.53 Å². The monoisotopic (exact) mass is 806 g/mol. The summed E-state index contributed by atoms with van der Waals surface area (Å²) in [6, 6.07) is 8.94. The molecular formula is C44H45F3N8O4. The lowest BCUT2D eigenvalue weighted by Gasteiger charge is -2.37. The molecule has 15 heteroatoms. The van der Waals surface area contributed by atoms with E-state index in [4.69, 9.17) is 25.9 Å². The maximum absolute atomic E-state index is 17.2. The van der Waals surface area contributed by atoms with Gasteiger partial charge in [-0.2, -0.15) is 9.97 Å². The number of nitrogens with one attached hydrogen (secondary N) is 1. The van der Waals surface area contributed by atoms with Crippen LogP contribution in [0, 0.1) is 24.0 Å². The van der Waals surface area contributed by atoms with Gasteiger partial charge in [-0.05, 0) is 74.9 Å². The number of phenols is 1. The third-order valence-corrected chi connectivity index (χ3v) is 11.5. The van der Waals surface area contributed by atoms with E-state index in [0.29, 0.717) is 43.9 Å². The summed E-state index contributed by atoms with van der Waals surface area (Å²) in [6.07, 6.45) is 11.4. The number of aromatic nitrogens is 4. The Balaban J connectivity index is 1.19. The number of pyridine rings is 2. The average molecular weight is 807 g/mol. The number of terminal acetylenes is 1. The van der Waals surface area contributed by atoms with Gasteiger partial charge in [0.05, 0.1) is 54.2 Å². The number of carbonyl (C=O) groups is 1. The van der Waals surface area contributed by atoms with Gasteiger partial charge >= 0.3 is 6.01 Å². The van der Waals surface area contributed by atoms with E-state index < -0.39 is 23.3 Å². The molecule has 2 N–H and O–H groups in total. The minimum Gasteiger partial charge on any atom is -0.508 e. The number of halogens is 3. The number of anilines is 3.